The molecule has 0 spiro atoms. The molecule has 1 aromatic heterocycles. The van der Waals surface area contributed by atoms with Crippen molar-refractivity contribution < 1.29 is 9.84 Å². The van der Waals surface area contributed by atoms with Crippen LogP contribution in [0.5, 0.6) is 5.75 Å². The van der Waals surface area contributed by atoms with Gasteiger partial charge in [0.1, 0.15) is 10.9 Å². The van der Waals surface area contributed by atoms with Gasteiger partial charge in [0.25, 0.3) is 0 Å². The van der Waals surface area contributed by atoms with Gasteiger partial charge in [-0.1, -0.05) is 24.9 Å². The van der Waals surface area contributed by atoms with Crippen LogP contribution in [0.15, 0.2) is 24.3 Å². The molecule has 0 aliphatic heterocycles. The Kier molecular flexibility index (Phi) is 4.45. The lowest BCUT2D eigenvalue weighted by atomic mass is 10.2. The Morgan fingerprint density at radius 2 is 2.00 bits per heavy atom. The smallest absolute Gasteiger partial charge is 0.138 e. The van der Waals surface area contributed by atoms with Gasteiger partial charge in [0.2, 0.25) is 0 Å². The van der Waals surface area contributed by atoms with Gasteiger partial charge in [-0.2, -0.15) is 5.10 Å². The Morgan fingerprint density at radius 1 is 1.32 bits per heavy atom. The van der Waals surface area contributed by atoms with Gasteiger partial charge in [-0.05, 0) is 30.7 Å². The van der Waals surface area contributed by atoms with Crippen LogP contribution in [0.1, 0.15) is 24.6 Å². The third-order valence-corrected chi connectivity index (χ3v) is 3.35. The molecule has 1 N–H and O–H groups in total. The minimum Gasteiger partial charge on any atom is -0.497 e. The van der Waals surface area contributed by atoms with Crippen molar-refractivity contribution in [2.75, 3.05) is 7.11 Å². The average molecular weight is 281 g/mol. The van der Waals surface area contributed by atoms with Crippen molar-refractivity contribution in [3.8, 4) is 11.4 Å². The number of benzene rings is 1. The number of methoxy groups -OCH3 is 1. The number of aromatic nitrogens is 2. The van der Waals surface area contributed by atoms with E-state index in [0.29, 0.717) is 10.7 Å². The molecule has 0 aliphatic rings. The maximum atomic E-state index is 9.41. The van der Waals surface area contributed by atoms with E-state index in [0.717, 1.165) is 30.0 Å². The van der Waals surface area contributed by atoms with Crippen molar-refractivity contribution in [3.05, 3.63) is 40.7 Å². The molecule has 2 aromatic rings. The number of aliphatic hydroxyl groups is 1. The molecule has 0 unspecified atom stereocenters. The van der Waals surface area contributed by atoms with Crippen LogP contribution >= 0.6 is 11.6 Å². The summed E-state index contributed by atoms with van der Waals surface area (Å²) >= 11 is 6.28. The molecule has 0 bridgehead atoms. The molecule has 0 saturated heterocycles. The fraction of sp³-hybridized carbons (Fsp3) is 0.357. The highest BCUT2D eigenvalue weighted by Crippen LogP contribution is 2.25. The van der Waals surface area contributed by atoms with Gasteiger partial charge >= 0.3 is 0 Å². The van der Waals surface area contributed by atoms with E-state index in [1.165, 1.54) is 0 Å². The first kappa shape index (κ1) is 13.9. The third-order valence-electron chi connectivity index (χ3n) is 2.97. The SMILES string of the molecule is CCCc1nn(-c2ccc(OC)cc2)c(Cl)c1CO. The summed E-state index contributed by atoms with van der Waals surface area (Å²) in [6.45, 7) is 1.98. The molecule has 1 aromatic carbocycles. The van der Waals surface area contributed by atoms with Gasteiger partial charge in [0, 0.05) is 5.56 Å². The summed E-state index contributed by atoms with van der Waals surface area (Å²) in [4.78, 5) is 0. The standard InChI is InChI=1S/C14H17ClN2O2/c1-3-4-13-12(9-18)14(15)17(16-13)10-5-7-11(19-2)8-6-10/h5-8,18H,3-4,9H2,1-2H3. The molecule has 102 valence electrons. The first-order valence-electron chi connectivity index (χ1n) is 6.22. The maximum absolute atomic E-state index is 9.41. The topological polar surface area (TPSA) is 47.3 Å². The van der Waals surface area contributed by atoms with Crippen molar-refractivity contribution >= 4 is 11.6 Å². The highest BCUT2D eigenvalue weighted by Gasteiger charge is 2.15. The fourth-order valence-corrected chi connectivity index (χ4v) is 2.26. The van der Waals surface area contributed by atoms with E-state index in [4.69, 9.17) is 16.3 Å². The van der Waals surface area contributed by atoms with Crippen LogP contribution < -0.4 is 4.74 Å². The molecule has 4 nitrogen and oxygen atoms in total. The van der Waals surface area contributed by atoms with Gasteiger partial charge in [-0.15, -0.1) is 0 Å². The summed E-state index contributed by atoms with van der Waals surface area (Å²) in [5, 5.41) is 14.4. The van der Waals surface area contributed by atoms with Crippen LogP contribution in [0.4, 0.5) is 0 Å². The third kappa shape index (κ3) is 2.74. The van der Waals surface area contributed by atoms with Gasteiger partial charge in [0.15, 0.2) is 0 Å². The van der Waals surface area contributed by atoms with Crippen LogP contribution in [-0.2, 0) is 13.0 Å². The van der Waals surface area contributed by atoms with Crippen LogP contribution in [0, 0.1) is 0 Å². The Hall–Kier alpha value is -1.52. The summed E-state index contributed by atoms with van der Waals surface area (Å²) < 4.78 is 6.77. The Labute approximate surface area is 117 Å². The normalized spacial score (nSPS) is 10.7. The number of aliphatic hydroxyl groups excluding tert-OH is 1. The minimum atomic E-state index is -0.0929. The molecule has 1 heterocycles. The average Bonchev–Trinajstić information content (AvgIpc) is 2.75. The van der Waals surface area contributed by atoms with E-state index >= 15 is 0 Å². The molecule has 0 amide bonds. The second-order valence-corrected chi connectivity index (χ2v) is 4.59. The number of halogens is 1. The van der Waals surface area contributed by atoms with Gasteiger partial charge in [0.05, 0.1) is 25.1 Å². The molecule has 2 rings (SSSR count). The molecule has 0 atom stereocenters. The van der Waals surface area contributed by atoms with Crippen molar-refractivity contribution in [2.24, 2.45) is 0 Å². The predicted molar refractivity (Wildman–Crippen MR) is 75.0 cm³/mol. The van der Waals surface area contributed by atoms with E-state index in [9.17, 15) is 5.11 Å². The molecule has 19 heavy (non-hydrogen) atoms. The summed E-state index contributed by atoms with van der Waals surface area (Å²) in [6, 6.07) is 7.47. The van der Waals surface area contributed by atoms with E-state index in [-0.39, 0.29) is 6.61 Å². The maximum Gasteiger partial charge on any atom is 0.138 e. The number of rotatable bonds is 5. The summed E-state index contributed by atoms with van der Waals surface area (Å²) in [5.74, 6) is 0.781. The lowest BCUT2D eigenvalue weighted by molar-refractivity contribution is 0.280. The molecular formula is C14H17ClN2O2. The number of ether oxygens (including phenoxy) is 1. The quantitative estimate of drug-likeness (QED) is 0.916. The van der Waals surface area contributed by atoms with Gasteiger partial charge in [-0.25, -0.2) is 4.68 Å². The second kappa shape index (κ2) is 6.08. The minimum absolute atomic E-state index is 0.0929. The number of aryl methyl sites for hydroxylation is 1. The van der Waals surface area contributed by atoms with Crippen LogP contribution in [0.2, 0.25) is 5.15 Å². The van der Waals surface area contributed by atoms with Gasteiger partial charge in [-0.3, -0.25) is 0 Å². The lowest BCUT2D eigenvalue weighted by Crippen LogP contribution is -1.97. The van der Waals surface area contributed by atoms with Crippen molar-refractivity contribution in [2.45, 2.75) is 26.4 Å². The highest BCUT2D eigenvalue weighted by molar-refractivity contribution is 6.30. The summed E-state index contributed by atoms with van der Waals surface area (Å²) in [6.07, 6.45) is 1.77. The van der Waals surface area contributed by atoms with Crippen molar-refractivity contribution in [1.82, 2.24) is 9.78 Å². The molecule has 0 fully saturated rings. The zero-order chi connectivity index (χ0) is 13.8. The number of hydrogen-bond acceptors (Lipinski definition) is 3. The van der Waals surface area contributed by atoms with E-state index < -0.39 is 0 Å². The van der Waals surface area contributed by atoms with Crippen LogP contribution in [-0.4, -0.2) is 22.0 Å². The largest absolute Gasteiger partial charge is 0.497 e. The number of hydrogen-bond donors (Lipinski definition) is 1. The second-order valence-electron chi connectivity index (χ2n) is 4.23. The van der Waals surface area contributed by atoms with E-state index in [1.807, 2.05) is 24.3 Å². The molecule has 0 aliphatic carbocycles. The van der Waals surface area contributed by atoms with Crippen molar-refractivity contribution in [1.29, 1.82) is 0 Å². The highest BCUT2D eigenvalue weighted by atomic mass is 35.5. The predicted octanol–water partition coefficient (Wildman–Crippen LogP) is 2.98. The molecule has 0 radical (unpaired) electrons. The van der Waals surface area contributed by atoms with E-state index in [2.05, 4.69) is 12.0 Å². The number of nitrogens with zero attached hydrogens (tertiary/aromatic N) is 2. The Bertz CT molecular complexity index is 549. The fourth-order valence-electron chi connectivity index (χ4n) is 1.96. The Balaban J connectivity index is 2.43. The molecule has 0 saturated carbocycles. The van der Waals surface area contributed by atoms with E-state index in [1.54, 1.807) is 11.8 Å². The lowest BCUT2D eigenvalue weighted by Gasteiger charge is -2.04. The van der Waals surface area contributed by atoms with Crippen LogP contribution in [0.3, 0.4) is 0 Å². The first-order chi connectivity index (χ1) is 9.21. The summed E-state index contributed by atoms with van der Waals surface area (Å²) in [7, 11) is 1.62. The molecule has 5 heteroatoms. The zero-order valence-corrected chi connectivity index (χ0v) is 11.8. The monoisotopic (exact) mass is 280 g/mol. The first-order valence-corrected chi connectivity index (χ1v) is 6.60. The summed E-state index contributed by atoms with van der Waals surface area (Å²) in [5.41, 5.74) is 2.41. The Morgan fingerprint density at radius 3 is 2.53 bits per heavy atom. The van der Waals surface area contributed by atoms with Crippen LogP contribution in [0.25, 0.3) is 5.69 Å². The van der Waals surface area contributed by atoms with Gasteiger partial charge < -0.3 is 9.84 Å². The van der Waals surface area contributed by atoms with Crippen molar-refractivity contribution in [3.63, 3.8) is 0 Å². The molecular weight excluding hydrogens is 264 g/mol. The zero-order valence-electron chi connectivity index (χ0n) is 11.1.